The number of hydrogen-bond acceptors (Lipinski definition) is 1. The molecule has 0 bridgehead atoms. The molecule has 0 radical (unpaired) electrons. The van der Waals surface area contributed by atoms with Crippen LogP contribution < -0.4 is 0 Å². The molecule has 1 aromatic rings. The second-order valence-corrected chi connectivity index (χ2v) is 4.48. The highest BCUT2D eigenvalue weighted by atomic mass is 15.1. The van der Waals surface area contributed by atoms with Gasteiger partial charge >= 0.3 is 0 Å². The van der Waals surface area contributed by atoms with Crippen molar-refractivity contribution in [1.82, 2.24) is 9.88 Å². The predicted molar refractivity (Wildman–Crippen MR) is 59.2 cm³/mol. The number of fused-ring (bicyclic) bond motifs is 1. The fourth-order valence-electron chi connectivity index (χ4n) is 2.12. The Bertz CT molecular complexity index is 290. The van der Waals surface area contributed by atoms with Gasteiger partial charge in [-0.2, -0.15) is 0 Å². The van der Waals surface area contributed by atoms with Gasteiger partial charge in [-0.15, -0.1) is 0 Å². The highest BCUT2D eigenvalue weighted by Crippen LogP contribution is 2.18. The molecule has 1 aliphatic heterocycles. The third-order valence-electron chi connectivity index (χ3n) is 3.28. The molecule has 0 aliphatic carbocycles. The van der Waals surface area contributed by atoms with E-state index in [4.69, 9.17) is 0 Å². The monoisotopic (exact) mass is 192 g/mol. The second-order valence-electron chi connectivity index (χ2n) is 4.48. The topological polar surface area (TPSA) is 19.0 Å². The van der Waals surface area contributed by atoms with Crippen molar-refractivity contribution >= 4 is 0 Å². The van der Waals surface area contributed by atoms with Crippen LogP contribution in [-0.4, -0.2) is 23.0 Å². The molecule has 2 nitrogen and oxygen atoms in total. The van der Waals surface area contributed by atoms with Gasteiger partial charge in [-0.05, 0) is 24.0 Å². The van der Waals surface area contributed by atoms with Crippen molar-refractivity contribution in [3.63, 3.8) is 0 Å². The van der Waals surface area contributed by atoms with Crippen LogP contribution in [0, 0.1) is 5.92 Å². The van der Waals surface area contributed by atoms with Crippen LogP contribution in [0.3, 0.4) is 0 Å². The average molecular weight is 192 g/mol. The zero-order valence-electron chi connectivity index (χ0n) is 9.21. The van der Waals surface area contributed by atoms with E-state index >= 15 is 0 Å². The Morgan fingerprint density at radius 1 is 1.57 bits per heavy atom. The summed E-state index contributed by atoms with van der Waals surface area (Å²) in [6.45, 7) is 8.20. The molecular weight excluding hydrogens is 172 g/mol. The molecule has 2 heteroatoms. The molecule has 2 heterocycles. The average Bonchev–Trinajstić information content (AvgIpc) is 2.64. The zero-order chi connectivity index (χ0) is 9.97. The number of rotatable bonds is 3. The maximum Gasteiger partial charge on any atom is 0.0388 e. The van der Waals surface area contributed by atoms with Gasteiger partial charge in [0.15, 0.2) is 0 Å². The lowest BCUT2D eigenvalue weighted by atomic mass is 10.0. The van der Waals surface area contributed by atoms with Gasteiger partial charge in [0.05, 0.1) is 0 Å². The number of hydrogen-bond donors (Lipinski definition) is 1. The van der Waals surface area contributed by atoms with Gasteiger partial charge in [0.1, 0.15) is 0 Å². The van der Waals surface area contributed by atoms with Crippen LogP contribution in [0.4, 0.5) is 0 Å². The fourth-order valence-corrected chi connectivity index (χ4v) is 2.12. The molecule has 1 N–H and O–H groups in total. The Morgan fingerprint density at radius 3 is 3.21 bits per heavy atom. The van der Waals surface area contributed by atoms with Gasteiger partial charge in [0, 0.05) is 31.5 Å². The smallest absolute Gasteiger partial charge is 0.0388 e. The molecule has 0 fully saturated rings. The molecule has 0 spiro atoms. The number of H-pyrrole nitrogens is 1. The SMILES string of the molecule is CCC(C)CN1CCc2cc[nH]c2C1. The summed E-state index contributed by atoms with van der Waals surface area (Å²) >= 11 is 0. The van der Waals surface area contributed by atoms with E-state index in [1.807, 2.05) is 0 Å². The minimum absolute atomic E-state index is 0.825. The summed E-state index contributed by atoms with van der Waals surface area (Å²) in [7, 11) is 0. The molecule has 0 aromatic carbocycles. The molecule has 1 unspecified atom stereocenters. The summed E-state index contributed by atoms with van der Waals surface area (Å²) in [5.74, 6) is 0.825. The second kappa shape index (κ2) is 4.18. The van der Waals surface area contributed by atoms with Crippen molar-refractivity contribution in [1.29, 1.82) is 0 Å². The lowest BCUT2D eigenvalue weighted by molar-refractivity contribution is 0.215. The summed E-state index contributed by atoms with van der Waals surface area (Å²) in [6.07, 6.45) is 4.57. The van der Waals surface area contributed by atoms with E-state index in [2.05, 4.69) is 36.0 Å². The number of nitrogens with one attached hydrogen (secondary N) is 1. The fraction of sp³-hybridized carbons (Fsp3) is 0.667. The normalized spacial score (nSPS) is 19.3. The molecule has 78 valence electrons. The first kappa shape index (κ1) is 9.78. The highest BCUT2D eigenvalue weighted by Gasteiger charge is 2.17. The quantitative estimate of drug-likeness (QED) is 0.779. The summed E-state index contributed by atoms with van der Waals surface area (Å²) in [6, 6.07) is 2.22. The van der Waals surface area contributed by atoms with Gasteiger partial charge in [0.2, 0.25) is 0 Å². The lowest BCUT2D eigenvalue weighted by Gasteiger charge is -2.28. The molecular formula is C12H20N2. The first-order chi connectivity index (χ1) is 6.79. The maximum absolute atomic E-state index is 3.34. The molecule has 1 atom stereocenters. The molecule has 1 aromatic heterocycles. The maximum atomic E-state index is 3.34. The van der Waals surface area contributed by atoms with Crippen LogP contribution in [0.2, 0.25) is 0 Å². The Labute approximate surface area is 86.3 Å². The number of nitrogens with zero attached hydrogens (tertiary/aromatic N) is 1. The van der Waals surface area contributed by atoms with E-state index in [1.165, 1.54) is 37.2 Å². The molecule has 0 amide bonds. The lowest BCUT2D eigenvalue weighted by Crippen LogP contribution is -2.33. The standard InChI is InChI=1S/C12H20N2/c1-3-10(2)8-14-7-5-11-4-6-13-12(11)9-14/h4,6,10,13H,3,5,7-9H2,1-2H3. The van der Waals surface area contributed by atoms with Crippen molar-refractivity contribution in [3.05, 3.63) is 23.5 Å². The van der Waals surface area contributed by atoms with Crippen LogP contribution in [0.5, 0.6) is 0 Å². The molecule has 1 aliphatic rings. The van der Waals surface area contributed by atoms with E-state index < -0.39 is 0 Å². The van der Waals surface area contributed by atoms with E-state index in [1.54, 1.807) is 0 Å². The molecule has 0 saturated carbocycles. The summed E-state index contributed by atoms with van der Waals surface area (Å²) < 4.78 is 0. The largest absolute Gasteiger partial charge is 0.364 e. The number of aromatic amines is 1. The Kier molecular flexibility index (Phi) is 2.92. The third-order valence-corrected chi connectivity index (χ3v) is 3.28. The van der Waals surface area contributed by atoms with Crippen molar-refractivity contribution in [2.24, 2.45) is 5.92 Å². The minimum Gasteiger partial charge on any atom is -0.364 e. The Morgan fingerprint density at radius 2 is 2.43 bits per heavy atom. The van der Waals surface area contributed by atoms with Crippen LogP contribution in [0.15, 0.2) is 12.3 Å². The van der Waals surface area contributed by atoms with Crippen molar-refractivity contribution in [2.45, 2.75) is 33.2 Å². The van der Waals surface area contributed by atoms with E-state index in [9.17, 15) is 0 Å². The zero-order valence-corrected chi connectivity index (χ0v) is 9.21. The van der Waals surface area contributed by atoms with Gasteiger partial charge < -0.3 is 4.98 Å². The minimum atomic E-state index is 0.825. The summed E-state index contributed by atoms with van der Waals surface area (Å²) in [5.41, 5.74) is 2.95. The van der Waals surface area contributed by atoms with Crippen LogP contribution in [0.1, 0.15) is 31.5 Å². The summed E-state index contributed by atoms with van der Waals surface area (Å²) in [4.78, 5) is 5.90. The van der Waals surface area contributed by atoms with E-state index in [0.717, 1.165) is 12.5 Å². The van der Waals surface area contributed by atoms with Gasteiger partial charge in [0.25, 0.3) is 0 Å². The first-order valence-corrected chi connectivity index (χ1v) is 5.67. The van der Waals surface area contributed by atoms with Crippen LogP contribution >= 0.6 is 0 Å². The Balaban J connectivity index is 1.94. The first-order valence-electron chi connectivity index (χ1n) is 5.67. The highest BCUT2D eigenvalue weighted by molar-refractivity contribution is 5.22. The molecule has 0 saturated heterocycles. The van der Waals surface area contributed by atoms with E-state index in [-0.39, 0.29) is 0 Å². The van der Waals surface area contributed by atoms with Gasteiger partial charge in [-0.1, -0.05) is 20.3 Å². The van der Waals surface area contributed by atoms with Gasteiger partial charge in [-0.25, -0.2) is 0 Å². The Hall–Kier alpha value is -0.760. The molecule has 14 heavy (non-hydrogen) atoms. The number of aromatic nitrogens is 1. The molecule has 2 rings (SSSR count). The van der Waals surface area contributed by atoms with Crippen LogP contribution in [0.25, 0.3) is 0 Å². The third kappa shape index (κ3) is 2.01. The van der Waals surface area contributed by atoms with Crippen molar-refractivity contribution < 1.29 is 0 Å². The van der Waals surface area contributed by atoms with Crippen molar-refractivity contribution in [2.75, 3.05) is 13.1 Å². The van der Waals surface area contributed by atoms with Crippen molar-refractivity contribution in [3.8, 4) is 0 Å². The van der Waals surface area contributed by atoms with Crippen LogP contribution in [-0.2, 0) is 13.0 Å². The summed E-state index contributed by atoms with van der Waals surface area (Å²) in [5, 5.41) is 0. The predicted octanol–water partition coefficient (Wildman–Crippen LogP) is 2.42. The van der Waals surface area contributed by atoms with E-state index in [0.29, 0.717) is 0 Å². The van der Waals surface area contributed by atoms with Gasteiger partial charge in [-0.3, -0.25) is 4.90 Å².